The van der Waals surface area contributed by atoms with Crippen LogP contribution in [-0.2, 0) is 6.42 Å². The Morgan fingerprint density at radius 2 is 1.76 bits per heavy atom. The van der Waals surface area contributed by atoms with Gasteiger partial charge in [0.1, 0.15) is 0 Å². The van der Waals surface area contributed by atoms with Gasteiger partial charge in [0.2, 0.25) is 5.91 Å². The molecule has 0 fully saturated rings. The van der Waals surface area contributed by atoms with Gasteiger partial charge in [0, 0.05) is 18.1 Å². The maximum absolute atomic E-state index is 12.3. The summed E-state index contributed by atoms with van der Waals surface area (Å²) in [5.41, 5.74) is 2.24. The van der Waals surface area contributed by atoms with Crippen LogP contribution in [0.1, 0.15) is 10.4 Å². The molecule has 2 rings (SSSR count). The molecule has 0 bridgehead atoms. The van der Waals surface area contributed by atoms with Crippen LogP contribution in [-0.4, -0.2) is 61.6 Å². The molecule has 2 aromatic rings. The monoisotopic (exact) mass is 309 g/mol. The van der Waals surface area contributed by atoms with Gasteiger partial charge in [-0.05, 0) is 46.2 Å². The third-order valence-corrected chi connectivity index (χ3v) is 3.34. The Morgan fingerprint density at radius 1 is 1.10 bits per heavy atom. The van der Waals surface area contributed by atoms with Gasteiger partial charge >= 0.3 is 0 Å². The van der Waals surface area contributed by atoms with Crippen LogP contribution in [0.3, 0.4) is 0 Å². The fraction of sp³-hybridized carbons (Fsp3) is 0.438. The van der Waals surface area contributed by atoms with Gasteiger partial charge in [0.05, 0.1) is 12.1 Å². The topological polar surface area (TPSA) is 28.5 Å². The largest absolute Gasteiger partial charge is 0.309 e. The summed E-state index contributed by atoms with van der Waals surface area (Å²) in [7, 11) is 7.96. The first-order valence-electron chi connectivity index (χ1n) is 6.90. The minimum atomic E-state index is 0. The van der Waals surface area contributed by atoms with Crippen LogP contribution in [0.25, 0.3) is 10.9 Å². The number of benzene rings is 1. The molecule has 1 aromatic heterocycles. The van der Waals surface area contributed by atoms with Gasteiger partial charge < -0.3 is 9.80 Å². The van der Waals surface area contributed by atoms with Crippen molar-refractivity contribution in [1.29, 1.82) is 0 Å². The average Bonchev–Trinajstić information content (AvgIpc) is 2.74. The Hall–Kier alpha value is -1.36. The number of carbonyl (C=O) groups is 1. The second-order valence-corrected chi connectivity index (χ2v) is 5.73. The minimum Gasteiger partial charge on any atom is -0.309 e. The number of carbonyl (C=O) groups excluding carboxylic acids is 1. The summed E-state index contributed by atoms with van der Waals surface area (Å²) in [5.74, 6) is 0.113. The molecule has 0 aliphatic carbocycles. The van der Waals surface area contributed by atoms with Crippen molar-refractivity contribution in [3.63, 3.8) is 0 Å². The molecule has 116 valence electrons. The van der Waals surface area contributed by atoms with Crippen molar-refractivity contribution in [2.75, 3.05) is 41.3 Å². The quantitative estimate of drug-likeness (QED) is 0.849. The van der Waals surface area contributed by atoms with E-state index >= 15 is 0 Å². The zero-order valence-electron chi connectivity index (χ0n) is 13.2. The zero-order valence-corrected chi connectivity index (χ0v) is 14.0. The summed E-state index contributed by atoms with van der Waals surface area (Å²) in [6, 6.07) is 8.13. The third kappa shape index (κ3) is 4.30. The van der Waals surface area contributed by atoms with Crippen LogP contribution in [0.5, 0.6) is 0 Å². The van der Waals surface area contributed by atoms with E-state index in [0.717, 1.165) is 18.5 Å². The maximum atomic E-state index is 12.3. The fourth-order valence-electron chi connectivity index (χ4n) is 2.35. The second-order valence-electron chi connectivity index (χ2n) is 5.73. The van der Waals surface area contributed by atoms with Crippen molar-refractivity contribution in [1.82, 2.24) is 14.4 Å². The number of hydrogen-bond acceptors (Lipinski definition) is 3. The first-order chi connectivity index (χ1) is 9.49. The van der Waals surface area contributed by atoms with Crippen molar-refractivity contribution >= 4 is 29.2 Å². The summed E-state index contributed by atoms with van der Waals surface area (Å²) < 4.78 is 1.79. The van der Waals surface area contributed by atoms with E-state index in [9.17, 15) is 4.79 Å². The van der Waals surface area contributed by atoms with E-state index in [4.69, 9.17) is 0 Å². The molecular weight excluding hydrogens is 286 g/mol. The fourth-order valence-corrected chi connectivity index (χ4v) is 2.35. The van der Waals surface area contributed by atoms with Gasteiger partial charge in [-0.3, -0.25) is 9.36 Å². The molecular formula is C16H24ClN3O. The number of hydrogen-bond donors (Lipinski definition) is 0. The van der Waals surface area contributed by atoms with E-state index in [1.165, 1.54) is 10.9 Å². The lowest BCUT2D eigenvalue weighted by molar-refractivity contribution is 0.0881. The number of likely N-dealkylation sites (N-methyl/N-ethyl adjacent to an activating group) is 2. The molecule has 0 atom stereocenters. The molecule has 4 nitrogen and oxygen atoms in total. The summed E-state index contributed by atoms with van der Waals surface area (Å²) >= 11 is 0. The highest BCUT2D eigenvalue weighted by Gasteiger charge is 2.13. The molecule has 21 heavy (non-hydrogen) atoms. The number of aromatic nitrogens is 1. The normalized spacial score (nSPS) is 11.1. The number of para-hydroxylation sites is 1. The molecule has 0 spiro atoms. The Labute approximate surface area is 132 Å². The maximum Gasteiger partial charge on any atom is 0.245 e. The molecule has 1 heterocycles. The molecule has 0 radical (unpaired) electrons. The highest BCUT2D eigenvalue weighted by atomic mass is 35.5. The highest BCUT2D eigenvalue weighted by molar-refractivity contribution is 5.95. The molecule has 0 amide bonds. The number of rotatable bonds is 5. The Balaban J connectivity index is 0.00000220. The lowest BCUT2D eigenvalue weighted by Crippen LogP contribution is -2.25. The zero-order chi connectivity index (χ0) is 14.7. The average molecular weight is 310 g/mol. The Morgan fingerprint density at radius 3 is 2.38 bits per heavy atom. The van der Waals surface area contributed by atoms with Crippen molar-refractivity contribution in [2.24, 2.45) is 0 Å². The second kappa shape index (κ2) is 7.59. The Bertz CT molecular complexity index is 605. The number of halogens is 1. The first-order valence-corrected chi connectivity index (χ1v) is 6.90. The third-order valence-electron chi connectivity index (χ3n) is 3.34. The van der Waals surface area contributed by atoms with Crippen LogP contribution in [0.4, 0.5) is 0 Å². The summed E-state index contributed by atoms with van der Waals surface area (Å²) in [6.07, 6.45) is 2.95. The lowest BCUT2D eigenvalue weighted by atomic mass is 10.1. The van der Waals surface area contributed by atoms with Gasteiger partial charge in [0.25, 0.3) is 0 Å². The van der Waals surface area contributed by atoms with Crippen molar-refractivity contribution < 1.29 is 4.79 Å². The van der Waals surface area contributed by atoms with Gasteiger partial charge in [-0.15, -0.1) is 12.4 Å². The molecule has 1 aromatic carbocycles. The van der Waals surface area contributed by atoms with Crippen LogP contribution < -0.4 is 0 Å². The van der Waals surface area contributed by atoms with Gasteiger partial charge in [-0.2, -0.15) is 0 Å². The van der Waals surface area contributed by atoms with E-state index in [1.54, 1.807) is 4.57 Å². The van der Waals surface area contributed by atoms with Crippen LogP contribution in [0, 0.1) is 0 Å². The SMILES string of the molecule is CN(C)CCc1cn(C(=O)CN(C)C)c2ccccc12.Cl. The number of fused-ring (bicyclic) bond motifs is 1. The predicted octanol–water partition coefficient (Wildman–Crippen LogP) is 2.37. The van der Waals surface area contributed by atoms with Gasteiger partial charge in [0.15, 0.2) is 0 Å². The van der Waals surface area contributed by atoms with Crippen LogP contribution >= 0.6 is 12.4 Å². The highest BCUT2D eigenvalue weighted by Crippen LogP contribution is 2.22. The van der Waals surface area contributed by atoms with Crippen molar-refractivity contribution in [2.45, 2.75) is 6.42 Å². The van der Waals surface area contributed by atoms with E-state index in [2.05, 4.69) is 25.1 Å². The molecule has 0 unspecified atom stereocenters. The minimum absolute atomic E-state index is 0. The van der Waals surface area contributed by atoms with Crippen molar-refractivity contribution in [3.8, 4) is 0 Å². The molecule has 0 N–H and O–H groups in total. The van der Waals surface area contributed by atoms with E-state index in [-0.39, 0.29) is 18.3 Å². The molecule has 0 saturated heterocycles. The molecule has 0 aliphatic rings. The summed E-state index contributed by atoms with van der Waals surface area (Å²) in [5, 5.41) is 1.18. The Kier molecular flexibility index (Phi) is 6.40. The molecule has 0 saturated carbocycles. The standard InChI is InChI=1S/C16H23N3O.ClH/c1-17(2)10-9-13-11-19(16(20)12-18(3)4)15-8-6-5-7-14(13)15;/h5-8,11H,9-10,12H2,1-4H3;1H. The molecule has 5 heteroatoms. The van der Waals surface area contributed by atoms with Crippen LogP contribution in [0.2, 0.25) is 0 Å². The van der Waals surface area contributed by atoms with E-state index in [0.29, 0.717) is 6.54 Å². The van der Waals surface area contributed by atoms with Gasteiger partial charge in [-0.1, -0.05) is 18.2 Å². The van der Waals surface area contributed by atoms with Crippen LogP contribution in [0.15, 0.2) is 30.5 Å². The van der Waals surface area contributed by atoms with E-state index < -0.39 is 0 Å². The molecule has 0 aliphatic heterocycles. The summed E-state index contributed by atoms with van der Waals surface area (Å²) in [4.78, 5) is 16.4. The van der Waals surface area contributed by atoms with E-state index in [1.807, 2.05) is 43.4 Å². The smallest absolute Gasteiger partial charge is 0.245 e. The lowest BCUT2D eigenvalue weighted by Gasteiger charge is -2.09. The first kappa shape index (κ1) is 17.7. The summed E-state index contributed by atoms with van der Waals surface area (Å²) in [6.45, 7) is 1.40. The predicted molar refractivity (Wildman–Crippen MR) is 90.6 cm³/mol. The van der Waals surface area contributed by atoms with Gasteiger partial charge in [-0.25, -0.2) is 0 Å². The van der Waals surface area contributed by atoms with Crippen molar-refractivity contribution in [3.05, 3.63) is 36.0 Å². The number of nitrogens with zero attached hydrogens (tertiary/aromatic N) is 3.